The van der Waals surface area contributed by atoms with Gasteiger partial charge in [0.05, 0.1) is 0 Å². The first-order valence-corrected chi connectivity index (χ1v) is 8.80. The number of carbonyl (C=O) groups excluding carboxylic acids is 1. The van der Waals surface area contributed by atoms with Gasteiger partial charge in [-0.15, -0.1) is 11.8 Å². The van der Waals surface area contributed by atoms with E-state index in [4.69, 9.17) is 22.2 Å². The second-order valence-electron chi connectivity index (χ2n) is 4.95. The van der Waals surface area contributed by atoms with Crippen molar-refractivity contribution in [2.45, 2.75) is 17.9 Å². The molecule has 2 aromatic rings. The molecule has 0 aliphatic heterocycles. The maximum atomic E-state index is 12.1. The van der Waals surface area contributed by atoms with Crippen LogP contribution in [-0.4, -0.2) is 24.1 Å². The Morgan fingerprint density at radius 1 is 1.29 bits per heavy atom. The monoisotopic (exact) mass is 363 g/mol. The molecule has 0 bridgehead atoms. The molecule has 5 nitrogen and oxygen atoms in total. The summed E-state index contributed by atoms with van der Waals surface area (Å²) in [6.07, 6.45) is 1.20. The van der Waals surface area contributed by atoms with Gasteiger partial charge in [-0.1, -0.05) is 28.9 Å². The number of oxime groups is 1. The van der Waals surface area contributed by atoms with Crippen LogP contribution >= 0.6 is 23.4 Å². The molecule has 1 atom stereocenters. The lowest BCUT2D eigenvalue weighted by Gasteiger charge is -2.11. The quantitative estimate of drug-likeness (QED) is 0.355. The Morgan fingerprint density at radius 3 is 2.62 bits per heavy atom. The molecule has 0 heterocycles. The lowest BCUT2D eigenvalue weighted by molar-refractivity contribution is -0.126. The number of amidine groups is 1. The van der Waals surface area contributed by atoms with Gasteiger partial charge in [0.1, 0.15) is 0 Å². The molecule has 0 spiro atoms. The SMILES string of the molecule is CSc1ccc(NC(=O)C(C)O/N=C(/N)c2cccc(Cl)c2)cc1. The van der Waals surface area contributed by atoms with Crippen molar-refractivity contribution in [3.8, 4) is 0 Å². The number of rotatable bonds is 6. The van der Waals surface area contributed by atoms with Crippen molar-refractivity contribution in [3.63, 3.8) is 0 Å². The number of hydrogen-bond acceptors (Lipinski definition) is 4. The Labute approximate surface area is 150 Å². The topological polar surface area (TPSA) is 76.7 Å². The van der Waals surface area contributed by atoms with Crippen molar-refractivity contribution in [3.05, 3.63) is 59.1 Å². The Bertz CT molecular complexity index is 735. The number of anilines is 1. The van der Waals surface area contributed by atoms with Gasteiger partial charge in [0.2, 0.25) is 6.10 Å². The van der Waals surface area contributed by atoms with Gasteiger partial charge in [-0.05, 0) is 49.6 Å². The lowest BCUT2D eigenvalue weighted by atomic mass is 10.2. The minimum absolute atomic E-state index is 0.154. The van der Waals surface area contributed by atoms with Crippen LogP contribution in [0.1, 0.15) is 12.5 Å². The predicted octanol–water partition coefficient (Wildman–Crippen LogP) is 3.73. The van der Waals surface area contributed by atoms with Crippen LogP contribution in [0.25, 0.3) is 0 Å². The van der Waals surface area contributed by atoms with Crippen LogP contribution in [0.5, 0.6) is 0 Å². The van der Waals surface area contributed by atoms with E-state index in [-0.39, 0.29) is 11.7 Å². The molecular formula is C17H18ClN3O2S. The van der Waals surface area contributed by atoms with Crippen molar-refractivity contribution in [2.75, 3.05) is 11.6 Å². The third-order valence-corrected chi connectivity index (χ3v) is 4.14. The number of thioether (sulfide) groups is 1. The number of nitrogens with two attached hydrogens (primary N) is 1. The van der Waals surface area contributed by atoms with Crippen molar-refractivity contribution in [1.29, 1.82) is 0 Å². The first-order valence-electron chi connectivity index (χ1n) is 7.19. The number of nitrogens with one attached hydrogen (secondary N) is 1. The summed E-state index contributed by atoms with van der Waals surface area (Å²) in [6.45, 7) is 1.60. The van der Waals surface area contributed by atoms with E-state index in [1.165, 1.54) is 0 Å². The summed E-state index contributed by atoms with van der Waals surface area (Å²) in [6, 6.07) is 14.4. The van der Waals surface area contributed by atoms with Crippen molar-refractivity contribution in [1.82, 2.24) is 0 Å². The number of nitrogens with zero attached hydrogens (tertiary/aromatic N) is 1. The van der Waals surface area contributed by atoms with Crippen molar-refractivity contribution < 1.29 is 9.63 Å². The highest BCUT2D eigenvalue weighted by Gasteiger charge is 2.15. The second kappa shape index (κ2) is 8.61. The van der Waals surface area contributed by atoms with Crippen LogP contribution < -0.4 is 11.1 Å². The highest BCUT2D eigenvalue weighted by atomic mass is 35.5. The maximum Gasteiger partial charge on any atom is 0.267 e. The van der Waals surface area contributed by atoms with Crippen LogP contribution in [0.3, 0.4) is 0 Å². The molecule has 0 aliphatic rings. The molecule has 2 aromatic carbocycles. The Balaban J connectivity index is 1.94. The van der Waals surface area contributed by atoms with Gasteiger partial charge < -0.3 is 15.9 Å². The van der Waals surface area contributed by atoms with E-state index in [0.717, 1.165) is 4.90 Å². The molecule has 2 rings (SSSR count). The average Bonchev–Trinajstić information content (AvgIpc) is 2.60. The molecule has 0 saturated heterocycles. The van der Waals surface area contributed by atoms with Gasteiger partial charge in [0.15, 0.2) is 5.84 Å². The Kier molecular flexibility index (Phi) is 6.52. The predicted molar refractivity (Wildman–Crippen MR) is 99.6 cm³/mol. The van der Waals surface area contributed by atoms with Gasteiger partial charge in [-0.3, -0.25) is 4.79 Å². The van der Waals surface area contributed by atoms with E-state index in [1.807, 2.05) is 30.5 Å². The van der Waals surface area contributed by atoms with Crippen LogP contribution in [-0.2, 0) is 9.63 Å². The van der Waals surface area contributed by atoms with E-state index in [1.54, 1.807) is 43.0 Å². The zero-order chi connectivity index (χ0) is 17.5. The van der Waals surface area contributed by atoms with Crippen molar-refractivity contribution in [2.24, 2.45) is 10.9 Å². The minimum Gasteiger partial charge on any atom is -0.381 e. The van der Waals surface area contributed by atoms with Crippen molar-refractivity contribution >= 4 is 40.8 Å². The van der Waals surface area contributed by atoms with E-state index in [9.17, 15) is 4.79 Å². The molecule has 0 fully saturated rings. The summed E-state index contributed by atoms with van der Waals surface area (Å²) in [5, 5.41) is 7.10. The molecule has 0 saturated carbocycles. The summed E-state index contributed by atoms with van der Waals surface area (Å²) in [5.41, 5.74) is 7.15. The fourth-order valence-corrected chi connectivity index (χ4v) is 2.40. The van der Waals surface area contributed by atoms with Gasteiger partial charge in [-0.25, -0.2) is 0 Å². The van der Waals surface area contributed by atoms with E-state index >= 15 is 0 Å². The zero-order valence-corrected chi connectivity index (χ0v) is 14.9. The first kappa shape index (κ1) is 18.2. The Morgan fingerprint density at radius 2 is 2.00 bits per heavy atom. The molecule has 3 N–H and O–H groups in total. The Hall–Kier alpha value is -2.18. The number of amides is 1. The van der Waals surface area contributed by atoms with E-state index in [0.29, 0.717) is 16.3 Å². The molecule has 7 heteroatoms. The standard InChI is InChI=1S/C17H18ClN3O2S/c1-11(17(22)20-14-6-8-15(24-2)9-7-14)23-21-16(19)12-4-3-5-13(18)10-12/h3-11H,1-2H3,(H2,19,21)(H,20,22). The largest absolute Gasteiger partial charge is 0.381 e. The van der Waals surface area contributed by atoms with Gasteiger partial charge in [0.25, 0.3) is 5.91 Å². The zero-order valence-electron chi connectivity index (χ0n) is 13.3. The summed E-state index contributed by atoms with van der Waals surface area (Å²) in [7, 11) is 0. The first-order chi connectivity index (χ1) is 11.5. The third-order valence-electron chi connectivity index (χ3n) is 3.16. The number of halogens is 1. The highest BCUT2D eigenvalue weighted by Crippen LogP contribution is 2.17. The van der Waals surface area contributed by atoms with E-state index in [2.05, 4.69) is 10.5 Å². The summed E-state index contributed by atoms with van der Waals surface area (Å²) in [5.74, 6) is -0.156. The smallest absolute Gasteiger partial charge is 0.267 e. The fraction of sp³-hybridized carbons (Fsp3) is 0.176. The molecule has 126 valence electrons. The van der Waals surface area contributed by atoms with Crippen LogP contribution in [0.2, 0.25) is 5.02 Å². The second-order valence-corrected chi connectivity index (χ2v) is 6.27. The molecule has 1 unspecified atom stereocenters. The normalized spacial score (nSPS) is 12.5. The fourth-order valence-electron chi connectivity index (χ4n) is 1.80. The van der Waals surface area contributed by atoms with Crippen LogP contribution in [0, 0.1) is 0 Å². The summed E-state index contributed by atoms with van der Waals surface area (Å²) >= 11 is 7.53. The molecule has 0 aromatic heterocycles. The van der Waals surface area contributed by atoms with Gasteiger partial charge in [0, 0.05) is 21.2 Å². The molecule has 0 aliphatic carbocycles. The number of carbonyl (C=O) groups is 1. The highest BCUT2D eigenvalue weighted by molar-refractivity contribution is 7.98. The maximum absolute atomic E-state index is 12.1. The van der Waals surface area contributed by atoms with Crippen LogP contribution in [0.4, 0.5) is 5.69 Å². The lowest BCUT2D eigenvalue weighted by Crippen LogP contribution is -2.27. The minimum atomic E-state index is -0.789. The van der Waals surface area contributed by atoms with Gasteiger partial charge >= 0.3 is 0 Å². The average molecular weight is 364 g/mol. The number of hydrogen-bond donors (Lipinski definition) is 2. The molecule has 0 radical (unpaired) electrons. The molecule has 1 amide bonds. The van der Waals surface area contributed by atoms with Gasteiger partial charge in [-0.2, -0.15) is 0 Å². The van der Waals surface area contributed by atoms with Crippen LogP contribution in [0.15, 0.2) is 58.6 Å². The summed E-state index contributed by atoms with van der Waals surface area (Å²) < 4.78 is 0. The molecular weight excluding hydrogens is 346 g/mol. The third kappa shape index (κ3) is 5.18. The van der Waals surface area contributed by atoms with E-state index < -0.39 is 6.10 Å². The number of benzene rings is 2. The summed E-state index contributed by atoms with van der Waals surface area (Å²) in [4.78, 5) is 18.4. The molecule has 24 heavy (non-hydrogen) atoms.